The number of methoxy groups -OCH3 is 1. The molecule has 0 aromatic heterocycles. The summed E-state index contributed by atoms with van der Waals surface area (Å²) in [4.78, 5) is 11.5. The van der Waals surface area contributed by atoms with Gasteiger partial charge in [0.25, 0.3) is 0 Å². The molecule has 0 radical (unpaired) electrons. The summed E-state index contributed by atoms with van der Waals surface area (Å²) < 4.78 is 5.12. The van der Waals surface area contributed by atoms with E-state index in [-0.39, 0.29) is 16.3 Å². The largest absolute Gasteiger partial charge is 0.465 e. The summed E-state index contributed by atoms with van der Waals surface area (Å²) in [6, 6.07) is 4.69. The van der Waals surface area contributed by atoms with Gasteiger partial charge in [-0.15, -0.1) is 0 Å². The molecule has 0 amide bonds. The van der Waals surface area contributed by atoms with Crippen LogP contribution < -0.4 is 11.2 Å². The summed E-state index contributed by atoms with van der Waals surface area (Å²) in [6.07, 6.45) is 0. The Morgan fingerprint density at radius 2 is 2.30 bits per heavy atom. The first-order valence-corrected chi connectivity index (χ1v) is 6.52. The number of anilines is 1. The maximum absolute atomic E-state index is 11.5. The van der Waals surface area contributed by atoms with E-state index in [1.54, 1.807) is 12.1 Å². The Morgan fingerprint density at radius 1 is 1.65 bits per heavy atom. The van der Waals surface area contributed by atoms with E-state index < -0.39 is 11.8 Å². The van der Waals surface area contributed by atoms with E-state index in [1.165, 1.54) is 13.2 Å². The van der Waals surface area contributed by atoms with E-state index >= 15 is 0 Å². The topological polar surface area (TPSA) is 124 Å². The Hall–Kier alpha value is -1.86. The van der Waals surface area contributed by atoms with Crippen molar-refractivity contribution in [1.29, 1.82) is 10.7 Å². The van der Waals surface area contributed by atoms with Gasteiger partial charge in [-0.1, -0.05) is 11.6 Å². The number of nitriles is 1. The average Bonchev–Trinajstić information content (AvgIpc) is 2.42. The van der Waals surface area contributed by atoms with E-state index in [1.807, 2.05) is 22.6 Å². The van der Waals surface area contributed by atoms with Crippen LogP contribution in [-0.2, 0) is 4.74 Å². The molecule has 0 saturated carbocycles. The molecule has 7 nitrogen and oxygen atoms in total. The Morgan fingerprint density at radius 3 is 2.80 bits per heavy atom. The molecule has 0 spiro atoms. The van der Waals surface area contributed by atoms with Crippen molar-refractivity contribution in [3.63, 3.8) is 0 Å². The van der Waals surface area contributed by atoms with Crippen LogP contribution >= 0.6 is 34.2 Å². The fraction of sp³-hybridized carbons (Fsp3) is 0.0909. The molecule has 9 heteroatoms. The first-order valence-electron chi connectivity index (χ1n) is 5.06. The molecule has 20 heavy (non-hydrogen) atoms. The van der Waals surface area contributed by atoms with E-state index in [0.717, 1.165) is 0 Å². The SMILES string of the molecule is COC(=O)c1ccc(N/N=C(\C#N)C(=N)N)c(I)c1Cl. The highest BCUT2D eigenvalue weighted by Crippen LogP contribution is 2.30. The maximum atomic E-state index is 11.5. The van der Waals surface area contributed by atoms with Crippen molar-refractivity contribution in [2.45, 2.75) is 0 Å². The Bertz CT molecular complexity index is 638. The predicted octanol–water partition coefficient (Wildman–Crippen LogP) is 1.96. The van der Waals surface area contributed by atoms with Crippen molar-refractivity contribution in [2.75, 3.05) is 12.5 Å². The third-order valence-electron chi connectivity index (χ3n) is 2.14. The van der Waals surface area contributed by atoms with Crippen LogP contribution in [0.25, 0.3) is 0 Å². The first kappa shape index (κ1) is 16.2. The average molecular weight is 406 g/mol. The lowest BCUT2D eigenvalue weighted by atomic mass is 10.2. The summed E-state index contributed by atoms with van der Waals surface area (Å²) in [7, 11) is 1.26. The Balaban J connectivity index is 3.12. The third-order valence-corrected chi connectivity index (χ3v) is 3.97. The molecule has 4 N–H and O–H groups in total. The predicted molar refractivity (Wildman–Crippen MR) is 84.1 cm³/mol. The van der Waals surface area contributed by atoms with E-state index in [2.05, 4.69) is 15.3 Å². The number of nitrogens with two attached hydrogens (primary N) is 1. The van der Waals surface area contributed by atoms with Gasteiger partial charge < -0.3 is 10.5 Å². The highest BCUT2D eigenvalue weighted by atomic mass is 127. The molecular weight excluding hydrogens is 397 g/mol. The summed E-state index contributed by atoms with van der Waals surface area (Å²) in [6.45, 7) is 0. The standard InChI is InChI=1S/C11H9ClIN5O2/c1-20-11(19)5-2-3-6(9(13)8(5)12)17-18-7(4-14)10(15)16/h2-3,17H,1H3,(H3,15,16)/b18-7+. The number of carbonyl (C=O) groups is 1. The van der Waals surface area contributed by atoms with E-state index in [9.17, 15) is 4.79 Å². The zero-order valence-electron chi connectivity index (χ0n) is 10.2. The molecule has 1 aromatic rings. The lowest BCUT2D eigenvalue weighted by Crippen LogP contribution is -2.22. The van der Waals surface area contributed by atoms with E-state index in [0.29, 0.717) is 9.26 Å². The van der Waals surface area contributed by atoms with Crippen LogP contribution in [0.2, 0.25) is 5.02 Å². The number of esters is 1. The van der Waals surface area contributed by atoms with Gasteiger partial charge in [0.2, 0.25) is 5.71 Å². The minimum absolute atomic E-state index is 0.207. The van der Waals surface area contributed by atoms with Gasteiger partial charge in [-0.3, -0.25) is 10.8 Å². The van der Waals surface area contributed by atoms with Crippen LogP contribution in [0.5, 0.6) is 0 Å². The van der Waals surface area contributed by atoms with Gasteiger partial charge >= 0.3 is 5.97 Å². The molecule has 0 bridgehead atoms. The number of ether oxygens (including phenoxy) is 1. The van der Waals surface area contributed by atoms with Crippen LogP contribution in [0.3, 0.4) is 0 Å². The van der Waals surface area contributed by atoms with Crippen molar-refractivity contribution >= 4 is 57.4 Å². The molecule has 0 aliphatic heterocycles. The molecule has 1 rings (SSSR count). The van der Waals surface area contributed by atoms with Crippen LogP contribution in [-0.4, -0.2) is 24.6 Å². The van der Waals surface area contributed by atoms with Crippen LogP contribution in [0, 0.1) is 20.3 Å². The number of benzene rings is 1. The molecule has 0 heterocycles. The van der Waals surface area contributed by atoms with Crippen molar-refractivity contribution in [3.05, 3.63) is 26.3 Å². The number of hydrazone groups is 1. The Kier molecular flexibility index (Phi) is 5.72. The third kappa shape index (κ3) is 3.58. The fourth-order valence-corrected chi connectivity index (χ4v) is 2.00. The summed E-state index contributed by atoms with van der Waals surface area (Å²) in [5.74, 6) is -1.00. The zero-order valence-corrected chi connectivity index (χ0v) is 13.1. The molecular formula is C11H9ClIN5O2. The van der Waals surface area contributed by atoms with Gasteiger partial charge in [-0.05, 0) is 34.7 Å². The first-order chi connectivity index (χ1) is 9.42. The van der Waals surface area contributed by atoms with Gasteiger partial charge in [0.15, 0.2) is 5.84 Å². The molecule has 1 aromatic carbocycles. The van der Waals surface area contributed by atoms with Crippen molar-refractivity contribution in [1.82, 2.24) is 0 Å². The zero-order chi connectivity index (χ0) is 15.3. The van der Waals surface area contributed by atoms with Crippen molar-refractivity contribution in [3.8, 4) is 6.07 Å². The molecule has 0 aliphatic rings. The molecule has 0 atom stereocenters. The minimum atomic E-state index is -0.551. The summed E-state index contributed by atoms with van der Waals surface area (Å²) in [5, 5.41) is 19.7. The summed E-state index contributed by atoms with van der Waals surface area (Å²) >= 11 is 7.97. The van der Waals surface area contributed by atoms with Gasteiger partial charge in [-0.25, -0.2) is 4.79 Å². The molecule has 0 saturated heterocycles. The summed E-state index contributed by atoms with van der Waals surface area (Å²) in [5.41, 5.74) is 8.17. The second-order valence-electron chi connectivity index (χ2n) is 3.38. The highest BCUT2D eigenvalue weighted by Gasteiger charge is 2.15. The molecule has 0 aliphatic carbocycles. The number of nitrogens with one attached hydrogen (secondary N) is 2. The second-order valence-corrected chi connectivity index (χ2v) is 4.83. The lowest BCUT2D eigenvalue weighted by Gasteiger charge is -2.09. The van der Waals surface area contributed by atoms with Gasteiger partial charge in [0.1, 0.15) is 6.07 Å². The molecule has 0 unspecified atom stereocenters. The monoisotopic (exact) mass is 405 g/mol. The maximum Gasteiger partial charge on any atom is 0.339 e. The number of rotatable bonds is 4. The highest BCUT2D eigenvalue weighted by molar-refractivity contribution is 14.1. The smallest absolute Gasteiger partial charge is 0.339 e. The number of hydrogen-bond acceptors (Lipinski definition) is 6. The van der Waals surface area contributed by atoms with E-state index in [4.69, 9.17) is 28.0 Å². The minimum Gasteiger partial charge on any atom is -0.465 e. The van der Waals surface area contributed by atoms with Crippen LogP contribution in [0.1, 0.15) is 10.4 Å². The fourth-order valence-electron chi connectivity index (χ4n) is 1.16. The quantitative estimate of drug-likeness (QED) is 0.232. The van der Waals surface area contributed by atoms with Gasteiger partial charge in [-0.2, -0.15) is 10.4 Å². The van der Waals surface area contributed by atoms with Crippen molar-refractivity contribution in [2.24, 2.45) is 10.8 Å². The van der Waals surface area contributed by atoms with Crippen LogP contribution in [0.4, 0.5) is 5.69 Å². The normalized spacial score (nSPS) is 10.6. The second kappa shape index (κ2) is 7.06. The number of halogens is 2. The van der Waals surface area contributed by atoms with Gasteiger partial charge in [0.05, 0.1) is 27.0 Å². The number of hydrogen-bond donors (Lipinski definition) is 3. The number of carbonyl (C=O) groups excluding carboxylic acids is 1. The van der Waals surface area contributed by atoms with Crippen LogP contribution in [0.15, 0.2) is 17.2 Å². The Labute approximate surface area is 133 Å². The number of amidine groups is 1. The molecule has 0 fully saturated rings. The molecule has 104 valence electrons. The van der Waals surface area contributed by atoms with Crippen molar-refractivity contribution < 1.29 is 9.53 Å². The number of nitrogens with zero attached hydrogens (tertiary/aromatic N) is 2. The van der Waals surface area contributed by atoms with Gasteiger partial charge in [0, 0.05) is 0 Å². The lowest BCUT2D eigenvalue weighted by molar-refractivity contribution is 0.0601.